The summed E-state index contributed by atoms with van der Waals surface area (Å²) in [6.07, 6.45) is 1.59. The van der Waals surface area contributed by atoms with Crippen molar-refractivity contribution in [2.24, 2.45) is 0 Å². The highest BCUT2D eigenvalue weighted by Gasteiger charge is 2.30. The van der Waals surface area contributed by atoms with Gasteiger partial charge in [0.05, 0.1) is 29.6 Å². The van der Waals surface area contributed by atoms with Crippen molar-refractivity contribution in [3.05, 3.63) is 85.3 Å². The van der Waals surface area contributed by atoms with E-state index in [9.17, 15) is 18.0 Å². The Labute approximate surface area is 223 Å². The molecule has 0 spiro atoms. The molecule has 0 bridgehead atoms. The summed E-state index contributed by atoms with van der Waals surface area (Å²) in [5.74, 6) is 0.242. The number of anilines is 3. The van der Waals surface area contributed by atoms with Gasteiger partial charge in [0.2, 0.25) is 17.7 Å². The molecule has 202 valence electrons. The first-order chi connectivity index (χ1) is 18.6. The third-order valence-electron chi connectivity index (χ3n) is 5.44. The third-order valence-corrected chi connectivity index (χ3v) is 5.44. The molecule has 0 saturated carbocycles. The van der Waals surface area contributed by atoms with E-state index in [4.69, 9.17) is 4.74 Å². The fourth-order valence-electron chi connectivity index (χ4n) is 3.47. The van der Waals surface area contributed by atoms with Gasteiger partial charge in [-0.2, -0.15) is 23.3 Å². The minimum Gasteiger partial charge on any atom is -0.438 e. The molecule has 0 radical (unpaired) electrons. The number of aromatic nitrogens is 4. The summed E-state index contributed by atoms with van der Waals surface area (Å²) in [5, 5.41) is 10.0. The summed E-state index contributed by atoms with van der Waals surface area (Å²) >= 11 is 0. The van der Waals surface area contributed by atoms with E-state index in [1.165, 1.54) is 18.3 Å². The molecule has 2 heterocycles. The molecule has 0 atom stereocenters. The van der Waals surface area contributed by atoms with Crippen molar-refractivity contribution < 1.29 is 22.7 Å². The summed E-state index contributed by atoms with van der Waals surface area (Å²) in [5.41, 5.74) is 1.14. The van der Waals surface area contributed by atoms with E-state index in [0.717, 1.165) is 24.8 Å². The Kier molecular flexibility index (Phi) is 8.25. The van der Waals surface area contributed by atoms with Gasteiger partial charge in [-0.15, -0.1) is 0 Å². The van der Waals surface area contributed by atoms with Gasteiger partial charge in [-0.05, 0) is 50.0 Å². The zero-order valence-electron chi connectivity index (χ0n) is 21.2. The molecule has 9 nitrogen and oxygen atoms in total. The molecule has 2 aromatic carbocycles. The number of nitrogens with one attached hydrogen (secondary N) is 2. The van der Waals surface area contributed by atoms with Crippen LogP contribution in [0.25, 0.3) is 11.1 Å². The van der Waals surface area contributed by atoms with Crippen LogP contribution in [0.4, 0.5) is 30.5 Å². The maximum absolute atomic E-state index is 13.1. The zero-order valence-corrected chi connectivity index (χ0v) is 21.2. The number of carbonyl (C=O) groups is 1. The van der Waals surface area contributed by atoms with E-state index in [2.05, 4.69) is 32.3 Å². The highest BCUT2D eigenvalue weighted by atomic mass is 19.4. The standard InChI is InChI=1S/C27H26F3N7O2/c1-4-24(38)33-20-6-5-7-22(14-20)39-25-23(18-8-10-19(11-9-18)27(28,29)30)16-31-26(35-25)34-21-15-32-37(17-21)13-12-36(2)3/h4-11,14-17H,1,12-13H2,2-3H3,(H,33,38)(H,31,34,35). The van der Waals surface area contributed by atoms with Gasteiger partial charge < -0.3 is 20.3 Å². The minimum absolute atomic E-state index is 0.0967. The summed E-state index contributed by atoms with van der Waals surface area (Å²) < 4.78 is 47.1. The lowest BCUT2D eigenvalue weighted by molar-refractivity contribution is -0.137. The summed E-state index contributed by atoms with van der Waals surface area (Å²) in [6.45, 7) is 4.93. The molecule has 0 fully saturated rings. The predicted octanol–water partition coefficient (Wildman–Crippen LogP) is 5.58. The normalized spacial score (nSPS) is 11.3. The van der Waals surface area contributed by atoms with Gasteiger partial charge in [0.25, 0.3) is 0 Å². The second kappa shape index (κ2) is 11.8. The number of amides is 1. The van der Waals surface area contributed by atoms with Crippen molar-refractivity contribution in [2.45, 2.75) is 12.7 Å². The zero-order chi connectivity index (χ0) is 28.0. The third kappa shape index (κ3) is 7.42. The monoisotopic (exact) mass is 537 g/mol. The van der Waals surface area contributed by atoms with Gasteiger partial charge in [0.15, 0.2) is 0 Å². The van der Waals surface area contributed by atoms with Crippen LogP contribution >= 0.6 is 0 Å². The average Bonchev–Trinajstić information content (AvgIpc) is 3.34. The Balaban J connectivity index is 1.65. The Hall–Kier alpha value is -4.71. The molecular weight excluding hydrogens is 511 g/mol. The second-order valence-corrected chi connectivity index (χ2v) is 8.73. The molecule has 12 heteroatoms. The Morgan fingerprint density at radius 2 is 1.90 bits per heavy atom. The molecule has 0 aliphatic rings. The van der Waals surface area contributed by atoms with E-state index in [1.54, 1.807) is 35.1 Å². The molecule has 1 amide bonds. The average molecular weight is 538 g/mol. The van der Waals surface area contributed by atoms with Crippen molar-refractivity contribution in [3.63, 3.8) is 0 Å². The fraction of sp³-hybridized carbons (Fsp3) is 0.185. The van der Waals surface area contributed by atoms with Crippen molar-refractivity contribution >= 4 is 23.2 Å². The first-order valence-corrected chi connectivity index (χ1v) is 11.8. The molecule has 4 rings (SSSR count). The molecule has 2 N–H and O–H groups in total. The number of likely N-dealkylation sites (N-methyl/N-ethyl adjacent to an activating group) is 1. The van der Waals surface area contributed by atoms with Gasteiger partial charge >= 0.3 is 6.18 Å². The van der Waals surface area contributed by atoms with Gasteiger partial charge in [0, 0.05) is 30.7 Å². The van der Waals surface area contributed by atoms with Crippen LogP contribution in [0.3, 0.4) is 0 Å². The molecule has 0 unspecified atom stereocenters. The molecule has 2 aromatic heterocycles. The molecule has 0 aliphatic heterocycles. The van der Waals surface area contributed by atoms with Crippen molar-refractivity contribution in [1.29, 1.82) is 0 Å². The molecule has 0 aliphatic carbocycles. The van der Waals surface area contributed by atoms with Crippen molar-refractivity contribution in [2.75, 3.05) is 31.3 Å². The Bertz CT molecular complexity index is 1450. The molecular formula is C27H26F3N7O2. The van der Waals surface area contributed by atoms with Crippen LogP contribution in [0.2, 0.25) is 0 Å². The summed E-state index contributed by atoms with van der Waals surface area (Å²) in [4.78, 5) is 22.6. The number of alkyl halides is 3. The molecule has 39 heavy (non-hydrogen) atoms. The number of carbonyl (C=O) groups excluding carboxylic acids is 1. The van der Waals surface area contributed by atoms with Crippen LogP contribution in [0, 0.1) is 0 Å². The second-order valence-electron chi connectivity index (χ2n) is 8.73. The topological polar surface area (TPSA) is 97.2 Å². The van der Waals surface area contributed by atoms with E-state index in [-0.39, 0.29) is 11.8 Å². The van der Waals surface area contributed by atoms with Crippen LogP contribution in [0.15, 0.2) is 79.8 Å². The number of rotatable bonds is 10. The SMILES string of the molecule is C=CC(=O)Nc1cccc(Oc2nc(Nc3cnn(CCN(C)C)c3)ncc2-c2ccc(C(F)(F)F)cc2)c1. The summed E-state index contributed by atoms with van der Waals surface area (Å²) in [7, 11) is 3.94. The number of halogens is 3. The smallest absolute Gasteiger partial charge is 0.416 e. The number of hydrogen-bond donors (Lipinski definition) is 2. The lowest BCUT2D eigenvalue weighted by Crippen LogP contribution is -2.18. The van der Waals surface area contributed by atoms with E-state index < -0.39 is 17.6 Å². The highest BCUT2D eigenvalue weighted by molar-refractivity contribution is 5.98. The van der Waals surface area contributed by atoms with Gasteiger partial charge in [-0.3, -0.25) is 9.48 Å². The van der Waals surface area contributed by atoms with Crippen LogP contribution < -0.4 is 15.4 Å². The van der Waals surface area contributed by atoms with E-state index >= 15 is 0 Å². The van der Waals surface area contributed by atoms with Gasteiger partial charge in [-0.1, -0.05) is 24.8 Å². The van der Waals surface area contributed by atoms with Crippen molar-refractivity contribution in [3.8, 4) is 22.8 Å². The number of hydrogen-bond acceptors (Lipinski definition) is 7. The van der Waals surface area contributed by atoms with Crippen LogP contribution in [-0.4, -0.2) is 51.2 Å². The first-order valence-electron chi connectivity index (χ1n) is 11.8. The Morgan fingerprint density at radius 3 is 2.59 bits per heavy atom. The molecule has 0 saturated heterocycles. The van der Waals surface area contributed by atoms with Crippen LogP contribution in [-0.2, 0) is 17.5 Å². The number of ether oxygens (including phenoxy) is 1. The Morgan fingerprint density at radius 1 is 1.13 bits per heavy atom. The number of benzene rings is 2. The lowest BCUT2D eigenvalue weighted by Gasteiger charge is -2.13. The van der Waals surface area contributed by atoms with E-state index in [1.807, 2.05) is 25.2 Å². The predicted molar refractivity (Wildman–Crippen MR) is 142 cm³/mol. The van der Waals surface area contributed by atoms with Gasteiger partial charge in [-0.25, -0.2) is 4.98 Å². The maximum atomic E-state index is 13.1. The van der Waals surface area contributed by atoms with E-state index in [0.29, 0.717) is 34.8 Å². The van der Waals surface area contributed by atoms with Crippen molar-refractivity contribution in [1.82, 2.24) is 24.6 Å². The fourth-order valence-corrected chi connectivity index (χ4v) is 3.47. The lowest BCUT2D eigenvalue weighted by atomic mass is 10.1. The quantitative estimate of drug-likeness (QED) is 0.255. The number of nitrogens with zero attached hydrogens (tertiary/aromatic N) is 5. The van der Waals surface area contributed by atoms with Gasteiger partial charge in [0.1, 0.15) is 5.75 Å². The first kappa shape index (κ1) is 27.3. The minimum atomic E-state index is -4.46. The summed E-state index contributed by atoms with van der Waals surface area (Å²) in [6, 6.07) is 11.2. The largest absolute Gasteiger partial charge is 0.438 e. The highest BCUT2D eigenvalue weighted by Crippen LogP contribution is 2.35. The maximum Gasteiger partial charge on any atom is 0.416 e. The molecule has 4 aromatic rings. The van der Waals surface area contributed by atoms with Crippen LogP contribution in [0.1, 0.15) is 5.56 Å². The van der Waals surface area contributed by atoms with Crippen LogP contribution in [0.5, 0.6) is 11.6 Å².